The molecule has 0 spiro atoms. The van der Waals surface area contributed by atoms with Gasteiger partial charge in [-0.2, -0.15) is 43.9 Å². The predicted molar refractivity (Wildman–Crippen MR) is 82.7 cm³/mol. The molecule has 0 radical (unpaired) electrons. The Balaban J connectivity index is 2.62. The van der Waals surface area contributed by atoms with Gasteiger partial charge in [-0.1, -0.05) is 0 Å². The molecule has 0 unspecified atom stereocenters. The number of methoxy groups -OCH3 is 1. The molecule has 4 nitrogen and oxygen atoms in total. The van der Waals surface area contributed by atoms with Gasteiger partial charge in [0.05, 0.1) is 18.4 Å². The number of anilines is 1. The third kappa shape index (κ3) is 2.85. The fourth-order valence-electron chi connectivity index (χ4n) is 2.58. The highest BCUT2D eigenvalue weighted by atomic mass is 79.9. The number of rotatable bonds is 3. The lowest BCUT2D eigenvalue weighted by molar-refractivity contribution is -0.475. The van der Waals surface area contributed by atoms with Gasteiger partial charge in [-0.25, -0.2) is 9.18 Å². The summed E-state index contributed by atoms with van der Waals surface area (Å²) in [6.07, 6.45) is 0. The summed E-state index contributed by atoms with van der Waals surface area (Å²) >= 11 is 2.60. The zero-order valence-corrected chi connectivity index (χ0v) is 16.1. The van der Waals surface area contributed by atoms with E-state index in [4.69, 9.17) is 0 Å². The molecule has 0 saturated heterocycles. The Kier molecular flexibility index (Phi) is 5.62. The Morgan fingerprint density at radius 2 is 1.23 bits per heavy atom. The third-order valence-electron chi connectivity index (χ3n) is 4.39. The van der Waals surface area contributed by atoms with Crippen LogP contribution in [0.15, 0.2) is 22.7 Å². The first kappa shape index (κ1) is 25.1. The van der Waals surface area contributed by atoms with Crippen LogP contribution in [-0.2, 0) is 9.53 Å². The summed E-state index contributed by atoms with van der Waals surface area (Å²) in [7, 11) is 0.933. The molecule has 1 aromatic rings. The Morgan fingerprint density at radius 3 is 1.61 bits per heavy atom. The van der Waals surface area contributed by atoms with E-state index >= 15 is 0 Å². The number of hydrogen-bond donors (Lipinski definition) is 1. The largest absolute Gasteiger partial charge is 0.465 e. The number of carbonyl (C=O) groups is 2. The molecule has 1 amide bonds. The van der Waals surface area contributed by atoms with Gasteiger partial charge in [0.15, 0.2) is 0 Å². The summed E-state index contributed by atoms with van der Waals surface area (Å²) in [4.78, 5) is 23.2. The van der Waals surface area contributed by atoms with Crippen molar-refractivity contribution in [1.82, 2.24) is 0 Å². The molecule has 1 fully saturated rings. The van der Waals surface area contributed by atoms with Crippen LogP contribution in [0.3, 0.4) is 0 Å². The van der Waals surface area contributed by atoms with Crippen LogP contribution in [0.5, 0.6) is 0 Å². The maximum atomic E-state index is 14.6. The van der Waals surface area contributed by atoms with E-state index in [0.29, 0.717) is 6.07 Å². The minimum atomic E-state index is -7.42. The lowest BCUT2D eigenvalue weighted by Crippen LogP contribution is -2.86. The number of carbonyl (C=O) groups excluding carboxylic acids is 2. The van der Waals surface area contributed by atoms with Crippen LogP contribution in [0.4, 0.5) is 54.0 Å². The Labute approximate surface area is 172 Å². The van der Waals surface area contributed by atoms with Crippen molar-refractivity contribution < 1.29 is 62.6 Å². The fraction of sp³-hybridized carbons (Fsp3) is 0.467. The molecule has 31 heavy (non-hydrogen) atoms. The van der Waals surface area contributed by atoms with E-state index in [1.807, 2.05) is 0 Å². The van der Waals surface area contributed by atoms with Crippen LogP contribution in [0.1, 0.15) is 10.4 Å². The summed E-state index contributed by atoms with van der Waals surface area (Å²) in [5, 5.41) is 0.934. The maximum Gasteiger partial charge on any atom is 0.384 e. The SMILES string of the molecule is COC(=O)c1ccc(NC(=O)C2(F)C(F)(F)C(F)(F)C(F)(F)C(F)(F)C2(F)F)c(Br)c1. The number of benzene rings is 1. The zero-order chi connectivity index (χ0) is 24.4. The molecule has 0 bridgehead atoms. The maximum absolute atomic E-state index is 14.6. The van der Waals surface area contributed by atoms with Crippen molar-refractivity contribution in [3.8, 4) is 0 Å². The molecule has 174 valence electrons. The van der Waals surface area contributed by atoms with E-state index in [1.165, 1.54) is 0 Å². The number of ether oxygens (including phenoxy) is 1. The first-order valence-corrected chi connectivity index (χ1v) is 8.32. The normalized spacial score (nSPS) is 24.2. The molecular formula is C15H7BrF11NO3. The number of hydrogen-bond acceptors (Lipinski definition) is 3. The second-order valence-corrected chi connectivity index (χ2v) is 7.03. The van der Waals surface area contributed by atoms with Gasteiger partial charge in [-0.3, -0.25) is 4.79 Å². The van der Waals surface area contributed by atoms with Crippen LogP contribution in [-0.4, -0.2) is 54.3 Å². The van der Waals surface area contributed by atoms with E-state index in [1.54, 1.807) is 0 Å². The monoisotopic (exact) mass is 537 g/mol. The second-order valence-electron chi connectivity index (χ2n) is 6.17. The van der Waals surface area contributed by atoms with E-state index in [9.17, 15) is 57.9 Å². The van der Waals surface area contributed by atoms with Gasteiger partial charge in [0.25, 0.3) is 5.91 Å². The van der Waals surface area contributed by atoms with Crippen molar-refractivity contribution in [3.05, 3.63) is 28.2 Å². The van der Waals surface area contributed by atoms with Gasteiger partial charge in [0, 0.05) is 4.47 Å². The highest BCUT2D eigenvalue weighted by molar-refractivity contribution is 9.10. The van der Waals surface area contributed by atoms with Gasteiger partial charge in [0.1, 0.15) is 0 Å². The summed E-state index contributed by atoms with van der Waals surface area (Å²) in [5.41, 5.74) is -8.06. The highest BCUT2D eigenvalue weighted by Crippen LogP contribution is 2.69. The van der Waals surface area contributed by atoms with Crippen molar-refractivity contribution in [3.63, 3.8) is 0 Å². The molecule has 1 aliphatic rings. The van der Waals surface area contributed by atoms with E-state index in [-0.39, 0.29) is 5.56 Å². The quantitative estimate of drug-likeness (QED) is 0.432. The van der Waals surface area contributed by atoms with Crippen molar-refractivity contribution in [2.45, 2.75) is 35.3 Å². The van der Waals surface area contributed by atoms with Crippen LogP contribution in [0.25, 0.3) is 0 Å². The van der Waals surface area contributed by atoms with Gasteiger partial charge in [-0.05, 0) is 34.1 Å². The summed E-state index contributed by atoms with van der Waals surface area (Å²) in [6, 6.07) is 2.09. The minimum absolute atomic E-state index is 0.298. The fourth-order valence-corrected chi connectivity index (χ4v) is 3.05. The molecule has 0 aliphatic heterocycles. The lowest BCUT2D eigenvalue weighted by atomic mass is 9.71. The van der Waals surface area contributed by atoms with Gasteiger partial charge in [0.2, 0.25) is 0 Å². The molecular weight excluding hydrogens is 531 g/mol. The number of amides is 1. The molecule has 0 atom stereocenters. The molecule has 0 heterocycles. The second kappa shape index (κ2) is 6.93. The Bertz CT molecular complexity index is 905. The third-order valence-corrected chi connectivity index (χ3v) is 5.05. The van der Waals surface area contributed by atoms with Gasteiger partial charge >= 0.3 is 41.3 Å². The van der Waals surface area contributed by atoms with E-state index in [0.717, 1.165) is 24.6 Å². The molecule has 2 rings (SSSR count). The first-order chi connectivity index (χ1) is 13.8. The average molecular weight is 538 g/mol. The van der Waals surface area contributed by atoms with Crippen molar-refractivity contribution in [1.29, 1.82) is 0 Å². The lowest BCUT2D eigenvalue weighted by Gasteiger charge is -2.51. The number of halogens is 12. The average Bonchev–Trinajstić information content (AvgIpc) is 2.66. The number of alkyl halides is 11. The molecule has 1 N–H and O–H groups in total. The number of esters is 1. The van der Waals surface area contributed by atoms with E-state index < -0.39 is 57.3 Å². The smallest absolute Gasteiger partial charge is 0.384 e. The van der Waals surface area contributed by atoms with Crippen LogP contribution in [0.2, 0.25) is 0 Å². The molecule has 1 aromatic carbocycles. The molecule has 16 heteroatoms. The molecule has 0 aromatic heterocycles. The van der Waals surface area contributed by atoms with Gasteiger partial charge in [-0.15, -0.1) is 0 Å². The zero-order valence-electron chi connectivity index (χ0n) is 14.5. The van der Waals surface area contributed by atoms with Crippen LogP contribution in [0, 0.1) is 0 Å². The standard InChI is InChI=1S/C15H7BrF11NO3/c1-31-8(29)5-2-3-7(6(16)4-5)28-9(30)10(17)11(18,19)13(22,23)15(26,27)14(24,25)12(10,20)21/h2-4H,1H3,(H,28,30). The van der Waals surface area contributed by atoms with E-state index in [2.05, 4.69) is 20.7 Å². The molecule has 1 aliphatic carbocycles. The van der Waals surface area contributed by atoms with Crippen molar-refractivity contribution >= 4 is 33.5 Å². The van der Waals surface area contributed by atoms with Crippen molar-refractivity contribution in [2.75, 3.05) is 12.4 Å². The predicted octanol–water partition coefficient (Wildman–Crippen LogP) is 5.07. The van der Waals surface area contributed by atoms with Crippen LogP contribution >= 0.6 is 15.9 Å². The Hall–Kier alpha value is -2.13. The minimum Gasteiger partial charge on any atom is -0.465 e. The first-order valence-electron chi connectivity index (χ1n) is 7.53. The Morgan fingerprint density at radius 1 is 0.806 bits per heavy atom. The molecule has 1 saturated carbocycles. The summed E-state index contributed by atoms with van der Waals surface area (Å²) in [5.74, 6) is -41.3. The summed E-state index contributed by atoms with van der Waals surface area (Å²) < 4.78 is 154. The van der Waals surface area contributed by atoms with Gasteiger partial charge < -0.3 is 10.1 Å². The number of nitrogens with one attached hydrogen (secondary N) is 1. The summed E-state index contributed by atoms with van der Waals surface area (Å²) in [6.45, 7) is 0. The van der Waals surface area contributed by atoms with Crippen LogP contribution < -0.4 is 5.32 Å². The topological polar surface area (TPSA) is 55.4 Å². The van der Waals surface area contributed by atoms with Crippen molar-refractivity contribution in [2.24, 2.45) is 0 Å². The highest BCUT2D eigenvalue weighted by Gasteiger charge is 3.02.